The number of aromatic nitrogens is 1. The number of hydrogen-bond acceptors (Lipinski definition) is 2. The summed E-state index contributed by atoms with van der Waals surface area (Å²) in [6, 6.07) is 1.94. The Hall–Kier alpha value is -1.38. The molecule has 0 aliphatic heterocycles. The summed E-state index contributed by atoms with van der Waals surface area (Å²) in [5.41, 5.74) is 2.18. The molecule has 0 spiro atoms. The standard InChI is InChI=1S/C16H22N2O/c1-11-9-17-5-4-13(11)8-16(19)18-10-15-7-12-2-3-14(15)6-12/h4-5,9,12,14-15H,2-3,6-8,10H2,1H3,(H,18,19)/t12-,14-,15+/m0/s1. The summed E-state index contributed by atoms with van der Waals surface area (Å²) in [6.07, 6.45) is 9.60. The fourth-order valence-electron chi connectivity index (χ4n) is 3.81. The Labute approximate surface area is 114 Å². The quantitative estimate of drug-likeness (QED) is 0.901. The van der Waals surface area contributed by atoms with Gasteiger partial charge in [0.2, 0.25) is 5.91 Å². The summed E-state index contributed by atoms with van der Waals surface area (Å²) in [7, 11) is 0. The normalized spacial score (nSPS) is 28.6. The van der Waals surface area contributed by atoms with Gasteiger partial charge in [0.15, 0.2) is 0 Å². The number of pyridine rings is 1. The first-order valence-electron chi connectivity index (χ1n) is 7.38. The van der Waals surface area contributed by atoms with Crippen LogP contribution in [0.25, 0.3) is 0 Å². The lowest BCUT2D eigenvalue weighted by molar-refractivity contribution is -0.120. The van der Waals surface area contributed by atoms with Crippen LogP contribution in [-0.4, -0.2) is 17.4 Å². The molecule has 0 radical (unpaired) electrons. The van der Waals surface area contributed by atoms with Gasteiger partial charge in [-0.05, 0) is 61.1 Å². The molecule has 19 heavy (non-hydrogen) atoms. The summed E-state index contributed by atoms with van der Waals surface area (Å²) < 4.78 is 0. The third-order valence-corrected chi connectivity index (χ3v) is 4.93. The predicted molar refractivity (Wildman–Crippen MR) is 74.6 cm³/mol. The van der Waals surface area contributed by atoms with E-state index >= 15 is 0 Å². The van der Waals surface area contributed by atoms with Crippen LogP contribution in [0.1, 0.15) is 36.8 Å². The Morgan fingerprint density at radius 3 is 3.00 bits per heavy atom. The Kier molecular flexibility index (Phi) is 3.54. The molecule has 0 unspecified atom stereocenters. The second-order valence-corrected chi connectivity index (χ2v) is 6.22. The van der Waals surface area contributed by atoms with Crippen LogP contribution < -0.4 is 5.32 Å². The van der Waals surface area contributed by atoms with Crippen molar-refractivity contribution in [1.82, 2.24) is 10.3 Å². The first kappa shape index (κ1) is 12.6. The van der Waals surface area contributed by atoms with Crippen molar-refractivity contribution in [3.05, 3.63) is 29.6 Å². The van der Waals surface area contributed by atoms with E-state index in [4.69, 9.17) is 0 Å². The van der Waals surface area contributed by atoms with E-state index in [0.717, 1.165) is 35.4 Å². The Bertz CT molecular complexity index is 472. The largest absolute Gasteiger partial charge is 0.356 e. The Balaban J connectivity index is 1.48. The second-order valence-electron chi connectivity index (χ2n) is 6.22. The molecule has 0 saturated heterocycles. The molecule has 2 saturated carbocycles. The average Bonchev–Trinajstić information content (AvgIpc) is 3.01. The van der Waals surface area contributed by atoms with Gasteiger partial charge in [0.25, 0.3) is 0 Å². The van der Waals surface area contributed by atoms with Crippen molar-refractivity contribution in [3.8, 4) is 0 Å². The molecular weight excluding hydrogens is 236 g/mol. The highest BCUT2D eigenvalue weighted by atomic mass is 16.1. The highest BCUT2D eigenvalue weighted by molar-refractivity contribution is 5.78. The summed E-state index contributed by atoms with van der Waals surface area (Å²) in [5, 5.41) is 3.13. The van der Waals surface area contributed by atoms with E-state index in [1.807, 2.05) is 19.2 Å². The summed E-state index contributed by atoms with van der Waals surface area (Å²) in [5.74, 6) is 2.72. The fourth-order valence-corrected chi connectivity index (χ4v) is 3.81. The number of fused-ring (bicyclic) bond motifs is 2. The van der Waals surface area contributed by atoms with Crippen LogP contribution in [0.15, 0.2) is 18.5 Å². The molecule has 0 aromatic carbocycles. The van der Waals surface area contributed by atoms with E-state index in [1.54, 1.807) is 6.20 Å². The minimum atomic E-state index is 0.150. The molecule has 1 heterocycles. The molecule has 3 heteroatoms. The van der Waals surface area contributed by atoms with Crippen LogP contribution in [-0.2, 0) is 11.2 Å². The smallest absolute Gasteiger partial charge is 0.224 e. The van der Waals surface area contributed by atoms with Crippen molar-refractivity contribution in [2.24, 2.45) is 17.8 Å². The van der Waals surface area contributed by atoms with Crippen LogP contribution in [0.5, 0.6) is 0 Å². The van der Waals surface area contributed by atoms with Crippen molar-refractivity contribution >= 4 is 5.91 Å². The molecule has 2 bridgehead atoms. The van der Waals surface area contributed by atoms with Crippen LogP contribution in [0.3, 0.4) is 0 Å². The molecule has 102 valence electrons. The minimum absolute atomic E-state index is 0.150. The van der Waals surface area contributed by atoms with E-state index in [2.05, 4.69) is 10.3 Å². The van der Waals surface area contributed by atoms with E-state index < -0.39 is 0 Å². The third-order valence-electron chi connectivity index (χ3n) is 4.93. The van der Waals surface area contributed by atoms with Crippen molar-refractivity contribution in [2.45, 2.75) is 39.0 Å². The summed E-state index contributed by atoms with van der Waals surface area (Å²) in [4.78, 5) is 16.1. The number of nitrogens with zero attached hydrogens (tertiary/aromatic N) is 1. The lowest BCUT2D eigenvalue weighted by Crippen LogP contribution is -2.32. The van der Waals surface area contributed by atoms with Gasteiger partial charge >= 0.3 is 0 Å². The number of nitrogens with one attached hydrogen (secondary N) is 1. The molecular formula is C16H22N2O. The second kappa shape index (κ2) is 5.32. The maximum absolute atomic E-state index is 12.0. The molecule has 3 rings (SSSR count). The molecule has 3 atom stereocenters. The van der Waals surface area contributed by atoms with Gasteiger partial charge in [-0.1, -0.05) is 6.42 Å². The highest BCUT2D eigenvalue weighted by Crippen LogP contribution is 2.47. The SMILES string of the molecule is Cc1cnccc1CC(=O)NC[C@H]1C[C@H]2CC[C@H]1C2. The minimum Gasteiger partial charge on any atom is -0.356 e. The zero-order valence-electron chi connectivity index (χ0n) is 11.6. The number of rotatable bonds is 4. The summed E-state index contributed by atoms with van der Waals surface area (Å²) >= 11 is 0. The van der Waals surface area contributed by atoms with Crippen LogP contribution in [0, 0.1) is 24.7 Å². The summed E-state index contributed by atoms with van der Waals surface area (Å²) in [6.45, 7) is 2.88. The van der Waals surface area contributed by atoms with Gasteiger partial charge in [-0.2, -0.15) is 0 Å². The molecule has 1 aromatic rings. The van der Waals surface area contributed by atoms with Gasteiger partial charge in [0.1, 0.15) is 0 Å². The van der Waals surface area contributed by atoms with Crippen LogP contribution >= 0.6 is 0 Å². The zero-order valence-corrected chi connectivity index (χ0v) is 11.6. The molecule has 2 aliphatic carbocycles. The predicted octanol–water partition coefficient (Wildman–Crippen LogP) is 2.48. The van der Waals surface area contributed by atoms with Crippen LogP contribution in [0.2, 0.25) is 0 Å². The number of hydrogen-bond donors (Lipinski definition) is 1. The maximum Gasteiger partial charge on any atom is 0.224 e. The number of amides is 1. The van der Waals surface area contributed by atoms with Gasteiger partial charge in [-0.15, -0.1) is 0 Å². The zero-order chi connectivity index (χ0) is 13.2. The fraction of sp³-hybridized carbons (Fsp3) is 0.625. The van der Waals surface area contributed by atoms with Crippen molar-refractivity contribution < 1.29 is 4.79 Å². The lowest BCUT2D eigenvalue weighted by Gasteiger charge is -2.21. The number of aryl methyl sites for hydroxylation is 1. The third kappa shape index (κ3) is 2.80. The highest BCUT2D eigenvalue weighted by Gasteiger charge is 2.39. The van der Waals surface area contributed by atoms with Gasteiger partial charge in [0, 0.05) is 18.9 Å². The van der Waals surface area contributed by atoms with E-state index in [9.17, 15) is 4.79 Å². The molecule has 1 aromatic heterocycles. The van der Waals surface area contributed by atoms with E-state index in [1.165, 1.54) is 25.7 Å². The van der Waals surface area contributed by atoms with Crippen molar-refractivity contribution in [2.75, 3.05) is 6.54 Å². The molecule has 2 aliphatic rings. The van der Waals surface area contributed by atoms with Gasteiger partial charge in [-0.3, -0.25) is 9.78 Å². The molecule has 2 fully saturated rings. The molecule has 3 nitrogen and oxygen atoms in total. The van der Waals surface area contributed by atoms with Gasteiger partial charge in [-0.25, -0.2) is 0 Å². The average molecular weight is 258 g/mol. The Morgan fingerprint density at radius 1 is 1.42 bits per heavy atom. The molecule has 1 N–H and O–H groups in total. The first-order chi connectivity index (χ1) is 9.22. The van der Waals surface area contributed by atoms with E-state index in [-0.39, 0.29) is 5.91 Å². The van der Waals surface area contributed by atoms with Crippen molar-refractivity contribution in [3.63, 3.8) is 0 Å². The molecule has 1 amide bonds. The van der Waals surface area contributed by atoms with E-state index in [0.29, 0.717) is 6.42 Å². The van der Waals surface area contributed by atoms with Crippen LogP contribution in [0.4, 0.5) is 0 Å². The number of carbonyl (C=O) groups is 1. The Morgan fingerprint density at radius 2 is 2.32 bits per heavy atom. The lowest BCUT2D eigenvalue weighted by atomic mass is 9.89. The monoisotopic (exact) mass is 258 g/mol. The maximum atomic E-state index is 12.0. The van der Waals surface area contributed by atoms with Gasteiger partial charge in [0.05, 0.1) is 6.42 Å². The topological polar surface area (TPSA) is 42.0 Å². The number of carbonyl (C=O) groups excluding carboxylic acids is 1. The van der Waals surface area contributed by atoms with Gasteiger partial charge < -0.3 is 5.32 Å². The first-order valence-corrected chi connectivity index (χ1v) is 7.38. The van der Waals surface area contributed by atoms with Crippen molar-refractivity contribution in [1.29, 1.82) is 0 Å².